The third-order valence-corrected chi connectivity index (χ3v) is 6.31. The molecule has 0 aliphatic carbocycles. The van der Waals surface area contributed by atoms with Crippen LogP contribution in [0.25, 0.3) is 11.3 Å². The molecule has 10 heteroatoms. The Morgan fingerprint density at radius 2 is 1.80 bits per heavy atom. The number of hydrogen-bond donors (Lipinski definition) is 2. The Morgan fingerprint density at radius 1 is 1.00 bits per heavy atom. The fraction of sp³-hybridized carbons (Fsp3) is 0.0500. The van der Waals surface area contributed by atoms with E-state index in [1.807, 2.05) is 24.3 Å². The van der Waals surface area contributed by atoms with Crippen molar-refractivity contribution in [2.75, 3.05) is 17.1 Å². The number of sulfonamides is 1. The summed E-state index contributed by atoms with van der Waals surface area (Å²) in [6, 6.07) is 15.7. The molecule has 0 atom stereocenters. The van der Waals surface area contributed by atoms with E-state index in [2.05, 4.69) is 25.0 Å². The summed E-state index contributed by atoms with van der Waals surface area (Å²) in [5.41, 5.74) is 2.24. The van der Waals surface area contributed by atoms with Gasteiger partial charge in [0.2, 0.25) is 0 Å². The van der Waals surface area contributed by atoms with Gasteiger partial charge in [-0.1, -0.05) is 12.1 Å². The molecule has 30 heavy (non-hydrogen) atoms. The van der Waals surface area contributed by atoms with E-state index in [1.165, 1.54) is 36.0 Å². The van der Waals surface area contributed by atoms with Crippen molar-refractivity contribution in [1.82, 2.24) is 15.0 Å². The number of hydrogen-bond acceptors (Lipinski definition) is 8. The van der Waals surface area contributed by atoms with E-state index in [0.29, 0.717) is 28.1 Å². The van der Waals surface area contributed by atoms with Gasteiger partial charge in [-0.15, -0.1) is 11.3 Å². The highest BCUT2D eigenvalue weighted by Gasteiger charge is 2.15. The molecule has 2 N–H and O–H groups in total. The second-order valence-corrected chi connectivity index (χ2v) is 8.66. The Morgan fingerprint density at radius 3 is 2.53 bits per heavy atom. The minimum absolute atomic E-state index is 0.139. The number of nitrogens with one attached hydrogen (secondary N) is 2. The second-order valence-electron chi connectivity index (χ2n) is 6.08. The molecular weight excluding hydrogens is 422 g/mol. The fourth-order valence-corrected chi connectivity index (χ4v) is 4.53. The van der Waals surface area contributed by atoms with Gasteiger partial charge < -0.3 is 10.1 Å². The largest absolute Gasteiger partial charge is 0.496 e. The van der Waals surface area contributed by atoms with Crippen LogP contribution in [0.3, 0.4) is 0 Å². The molecule has 0 radical (unpaired) electrons. The number of benzene rings is 2. The summed E-state index contributed by atoms with van der Waals surface area (Å²) >= 11 is 1.21. The third-order valence-electron chi connectivity index (χ3n) is 4.14. The maximum Gasteiger partial charge on any atom is 0.263 e. The van der Waals surface area contributed by atoms with Crippen molar-refractivity contribution in [1.29, 1.82) is 0 Å². The van der Waals surface area contributed by atoms with Crippen LogP contribution < -0.4 is 14.8 Å². The number of rotatable bonds is 7. The summed E-state index contributed by atoms with van der Waals surface area (Å²) in [6.07, 6.45) is 3.00. The molecule has 0 aliphatic rings. The Labute approximate surface area is 177 Å². The molecule has 2 aromatic carbocycles. The van der Waals surface area contributed by atoms with Gasteiger partial charge >= 0.3 is 0 Å². The summed E-state index contributed by atoms with van der Waals surface area (Å²) in [5, 5.41) is 5.18. The third kappa shape index (κ3) is 4.39. The van der Waals surface area contributed by atoms with Gasteiger partial charge in [0.25, 0.3) is 10.0 Å². The summed E-state index contributed by atoms with van der Waals surface area (Å²) in [7, 11) is -2.08. The average molecular weight is 440 g/mol. The molecule has 0 saturated carbocycles. The average Bonchev–Trinajstić information content (AvgIpc) is 3.26. The quantitative estimate of drug-likeness (QED) is 0.445. The Balaban J connectivity index is 1.53. The summed E-state index contributed by atoms with van der Waals surface area (Å²) < 4.78 is 32.7. The van der Waals surface area contributed by atoms with Gasteiger partial charge in [-0.05, 0) is 36.4 Å². The van der Waals surface area contributed by atoms with Crippen molar-refractivity contribution >= 4 is 38.0 Å². The van der Waals surface area contributed by atoms with Crippen LogP contribution in [0.4, 0.5) is 16.6 Å². The van der Waals surface area contributed by atoms with Crippen LogP contribution in [0.1, 0.15) is 0 Å². The van der Waals surface area contributed by atoms with E-state index in [1.54, 1.807) is 30.7 Å². The molecule has 0 unspecified atom stereocenters. The van der Waals surface area contributed by atoms with Crippen LogP contribution in [0.5, 0.6) is 5.75 Å². The predicted molar refractivity (Wildman–Crippen MR) is 117 cm³/mol. The number of nitrogens with zero attached hydrogens (tertiary/aromatic N) is 3. The molecular formula is C20H17N5O3S2. The number of anilines is 3. The van der Waals surface area contributed by atoms with E-state index in [9.17, 15) is 8.42 Å². The first kappa shape index (κ1) is 19.8. The van der Waals surface area contributed by atoms with Crippen molar-refractivity contribution in [3.8, 4) is 17.0 Å². The van der Waals surface area contributed by atoms with Crippen molar-refractivity contribution < 1.29 is 13.2 Å². The van der Waals surface area contributed by atoms with Gasteiger partial charge in [-0.2, -0.15) is 0 Å². The molecule has 152 valence electrons. The standard InChI is InChI=1S/C20H17N5O3S2/c1-28-18-5-3-2-4-16(18)17-12-19(23-13-22-17)24-14-6-8-15(9-7-14)30(26,27)25-20-21-10-11-29-20/h2-13H,1H3,(H,21,25)(H,22,23,24). The molecule has 2 heterocycles. The predicted octanol–water partition coefficient (Wildman–Crippen LogP) is 4.15. The lowest BCUT2D eigenvalue weighted by molar-refractivity contribution is 0.416. The first-order valence-corrected chi connectivity index (χ1v) is 11.2. The molecule has 0 saturated heterocycles. The molecule has 0 spiro atoms. The zero-order valence-electron chi connectivity index (χ0n) is 15.8. The van der Waals surface area contributed by atoms with Crippen LogP contribution in [-0.4, -0.2) is 30.5 Å². The van der Waals surface area contributed by atoms with Gasteiger partial charge in [-0.3, -0.25) is 4.72 Å². The Bertz CT molecular complexity index is 1240. The monoisotopic (exact) mass is 439 g/mol. The number of thiazole rings is 1. The Kier molecular flexibility index (Phi) is 5.59. The highest BCUT2D eigenvalue weighted by molar-refractivity contribution is 7.93. The molecule has 2 aromatic heterocycles. The molecule has 0 fully saturated rings. The van der Waals surface area contributed by atoms with Gasteiger partial charge in [0, 0.05) is 28.9 Å². The van der Waals surface area contributed by atoms with E-state index in [0.717, 1.165) is 5.56 Å². The topological polar surface area (TPSA) is 106 Å². The van der Waals surface area contributed by atoms with Gasteiger partial charge in [0.1, 0.15) is 17.9 Å². The molecule has 0 aliphatic heterocycles. The lowest BCUT2D eigenvalue weighted by atomic mass is 10.1. The minimum Gasteiger partial charge on any atom is -0.496 e. The number of methoxy groups -OCH3 is 1. The van der Waals surface area contributed by atoms with E-state index in [4.69, 9.17) is 4.74 Å². The van der Waals surface area contributed by atoms with Gasteiger partial charge in [0.05, 0.1) is 17.7 Å². The fourth-order valence-electron chi connectivity index (χ4n) is 2.74. The van der Waals surface area contributed by atoms with Gasteiger partial charge in [-0.25, -0.2) is 23.4 Å². The first-order valence-electron chi connectivity index (χ1n) is 8.80. The number of ether oxygens (including phenoxy) is 1. The van der Waals surface area contributed by atoms with Crippen LogP contribution >= 0.6 is 11.3 Å². The molecule has 8 nitrogen and oxygen atoms in total. The van der Waals surface area contributed by atoms with Crippen molar-refractivity contribution in [2.45, 2.75) is 4.90 Å². The van der Waals surface area contributed by atoms with Crippen LogP contribution in [-0.2, 0) is 10.0 Å². The lowest BCUT2D eigenvalue weighted by Crippen LogP contribution is -2.12. The highest BCUT2D eigenvalue weighted by Crippen LogP contribution is 2.29. The van der Waals surface area contributed by atoms with Crippen molar-refractivity contribution in [3.05, 3.63) is 72.5 Å². The van der Waals surface area contributed by atoms with Crippen LogP contribution in [0.2, 0.25) is 0 Å². The Hall–Kier alpha value is -3.50. The van der Waals surface area contributed by atoms with E-state index >= 15 is 0 Å². The number of para-hydroxylation sites is 1. The molecule has 4 aromatic rings. The SMILES string of the molecule is COc1ccccc1-c1cc(Nc2ccc(S(=O)(=O)Nc3nccs3)cc2)ncn1. The maximum atomic E-state index is 12.4. The second kappa shape index (κ2) is 8.47. The smallest absolute Gasteiger partial charge is 0.263 e. The maximum absolute atomic E-state index is 12.4. The number of aromatic nitrogens is 3. The zero-order chi connectivity index (χ0) is 21.0. The van der Waals surface area contributed by atoms with E-state index < -0.39 is 10.0 Å². The zero-order valence-corrected chi connectivity index (χ0v) is 17.4. The van der Waals surface area contributed by atoms with Gasteiger partial charge in [0.15, 0.2) is 5.13 Å². The molecule has 0 bridgehead atoms. The normalized spacial score (nSPS) is 11.1. The van der Waals surface area contributed by atoms with Crippen molar-refractivity contribution in [2.24, 2.45) is 0 Å². The minimum atomic E-state index is -3.69. The molecule has 4 rings (SSSR count). The highest BCUT2D eigenvalue weighted by atomic mass is 32.2. The summed E-state index contributed by atoms with van der Waals surface area (Å²) in [4.78, 5) is 12.6. The lowest BCUT2D eigenvalue weighted by Gasteiger charge is -2.10. The van der Waals surface area contributed by atoms with Crippen molar-refractivity contribution in [3.63, 3.8) is 0 Å². The van der Waals surface area contributed by atoms with Crippen LogP contribution in [0.15, 0.2) is 77.4 Å². The van der Waals surface area contributed by atoms with E-state index in [-0.39, 0.29) is 4.90 Å². The van der Waals surface area contributed by atoms with Crippen LogP contribution in [0, 0.1) is 0 Å². The summed E-state index contributed by atoms with van der Waals surface area (Å²) in [6.45, 7) is 0. The summed E-state index contributed by atoms with van der Waals surface area (Å²) in [5.74, 6) is 1.28. The molecule has 0 amide bonds. The first-order chi connectivity index (χ1) is 14.5.